The highest BCUT2D eigenvalue weighted by Gasteiger charge is 2.41. The SMILES string of the molecule is O=C(NC1(C(=O)O)CCSCC1)c1coc2ccccc12. The molecular formula is C15H15NO4S. The minimum Gasteiger partial charge on any atom is -0.480 e. The van der Waals surface area contributed by atoms with Gasteiger partial charge in [-0.2, -0.15) is 11.8 Å². The number of amides is 1. The highest BCUT2D eigenvalue weighted by molar-refractivity contribution is 7.99. The van der Waals surface area contributed by atoms with Crippen LogP contribution in [0.5, 0.6) is 0 Å². The number of carboxylic acid groups (broad SMARTS) is 1. The molecule has 0 bridgehead atoms. The van der Waals surface area contributed by atoms with Gasteiger partial charge in [-0.1, -0.05) is 18.2 Å². The Morgan fingerprint density at radius 3 is 2.67 bits per heavy atom. The third kappa shape index (κ3) is 2.51. The molecule has 1 amide bonds. The van der Waals surface area contributed by atoms with Gasteiger partial charge in [-0.3, -0.25) is 4.79 Å². The fourth-order valence-electron chi connectivity index (χ4n) is 2.55. The minimum atomic E-state index is -1.17. The number of thioether (sulfide) groups is 1. The van der Waals surface area contributed by atoms with Crippen LogP contribution < -0.4 is 5.32 Å². The van der Waals surface area contributed by atoms with E-state index in [-0.39, 0.29) is 0 Å². The average Bonchev–Trinajstić information content (AvgIpc) is 2.92. The first-order chi connectivity index (χ1) is 10.1. The molecule has 0 unspecified atom stereocenters. The summed E-state index contributed by atoms with van der Waals surface area (Å²) in [5, 5.41) is 12.9. The Bertz CT molecular complexity index is 688. The van der Waals surface area contributed by atoms with Crippen molar-refractivity contribution in [3.63, 3.8) is 0 Å². The van der Waals surface area contributed by atoms with Crippen LogP contribution in [0, 0.1) is 0 Å². The average molecular weight is 305 g/mol. The molecule has 110 valence electrons. The van der Waals surface area contributed by atoms with Gasteiger partial charge < -0.3 is 14.8 Å². The predicted octanol–water partition coefficient (Wildman–Crippen LogP) is 2.51. The van der Waals surface area contributed by atoms with Crippen LogP contribution in [-0.2, 0) is 4.79 Å². The zero-order chi connectivity index (χ0) is 14.9. The van der Waals surface area contributed by atoms with E-state index in [1.807, 2.05) is 12.1 Å². The Labute approximate surface area is 125 Å². The molecule has 1 aliphatic rings. The zero-order valence-corrected chi connectivity index (χ0v) is 12.1. The van der Waals surface area contributed by atoms with Gasteiger partial charge in [-0.15, -0.1) is 0 Å². The molecule has 2 aromatic rings. The van der Waals surface area contributed by atoms with Crippen molar-refractivity contribution >= 4 is 34.6 Å². The molecule has 1 saturated heterocycles. The second-order valence-electron chi connectivity index (χ2n) is 5.10. The van der Waals surface area contributed by atoms with Crippen molar-refractivity contribution in [1.82, 2.24) is 5.32 Å². The highest BCUT2D eigenvalue weighted by Crippen LogP contribution is 2.29. The molecule has 2 N–H and O–H groups in total. The third-order valence-electron chi connectivity index (χ3n) is 3.83. The van der Waals surface area contributed by atoms with Crippen LogP contribution in [-0.4, -0.2) is 34.0 Å². The number of carboxylic acids is 1. The second kappa shape index (κ2) is 5.44. The number of aliphatic carboxylic acids is 1. The number of furan rings is 1. The van der Waals surface area contributed by atoms with Gasteiger partial charge in [0.25, 0.3) is 5.91 Å². The number of hydrogen-bond acceptors (Lipinski definition) is 4. The van der Waals surface area contributed by atoms with Crippen LogP contribution in [0.15, 0.2) is 34.9 Å². The van der Waals surface area contributed by atoms with E-state index in [9.17, 15) is 14.7 Å². The van der Waals surface area contributed by atoms with Gasteiger partial charge in [-0.25, -0.2) is 4.79 Å². The molecular weight excluding hydrogens is 290 g/mol. The van der Waals surface area contributed by atoms with E-state index in [1.165, 1.54) is 6.26 Å². The molecule has 5 nitrogen and oxygen atoms in total. The van der Waals surface area contributed by atoms with Gasteiger partial charge in [0, 0.05) is 5.39 Å². The van der Waals surface area contributed by atoms with Crippen LogP contribution >= 0.6 is 11.8 Å². The normalized spacial score (nSPS) is 17.5. The minimum absolute atomic E-state index is 0.379. The number of para-hydroxylation sites is 1. The Hall–Kier alpha value is -1.95. The first kappa shape index (κ1) is 14.0. The number of hydrogen-bond donors (Lipinski definition) is 2. The molecule has 2 heterocycles. The molecule has 1 aromatic carbocycles. The molecule has 21 heavy (non-hydrogen) atoms. The zero-order valence-electron chi connectivity index (χ0n) is 11.3. The molecule has 1 aromatic heterocycles. The summed E-state index contributed by atoms with van der Waals surface area (Å²) in [5.74, 6) is 0.107. The van der Waals surface area contributed by atoms with E-state index in [0.717, 1.165) is 11.5 Å². The van der Waals surface area contributed by atoms with Gasteiger partial charge in [0.05, 0.1) is 5.56 Å². The Morgan fingerprint density at radius 1 is 1.24 bits per heavy atom. The summed E-state index contributed by atoms with van der Waals surface area (Å²) in [4.78, 5) is 24.1. The lowest BCUT2D eigenvalue weighted by Gasteiger charge is -2.33. The third-order valence-corrected chi connectivity index (χ3v) is 4.82. The van der Waals surface area contributed by atoms with E-state index >= 15 is 0 Å². The van der Waals surface area contributed by atoms with Crippen LogP contribution in [0.1, 0.15) is 23.2 Å². The maximum atomic E-state index is 12.5. The van der Waals surface area contributed by atoms with Crippen molar-refractivity contribution in [2.45, 2.75) is 18.4 Å². The smallest absolute Gasteiger partial charge is 0.329 e. The van der Waals surface area contributed by atoms with E-state index in [0.29, 0.717) is 29.4 Å². The number of rotatable bonds is 3. The number of fused-ring (bicyclic) bond motifs is 1. The van der Waals surface area contributed by atoms with Crippen molar-refractivity contribution in [3.8, 4) is 0 Å². The molecule has 0 radical (unpaired) electrons. The predicted molar refractivity (Wildman–Crippen MR) is 80.6 cm³/mol. The molecule has 1 fully saturated rings. The van der Waals surface area contributed by atoms with Crippen molar-refractivity contribution in [3.05, 3.63) is 36.1 Å². The van der Waals surface area contributed by atoms with E-state index in [2.05, 4.69) is 5.32 Å². The summed E-state index contributed by atoms with van der Waals surface area (Å²) in [5.41, 5.74) is -0.170. The van der Waals surface area contributed by atoms with Crippen molar-refractivity contribution in [2.75, 3.05) is 11.5 Å². The molecule has 0 saturated carbocycles. The van der Waals surface area contributed by atoms with E-state index < -0.39 is 17.4 Å². The Morgan fingerprint density at radius 2 is 1.95 bits per heavy atom. The Balaban J connectivity index is 1.89. The number of nitrogens with one attached hydrogen (secondary N) is 1. The van der Waals surface area contributed by atoms with E-state index in [1.54, 1.807) is 23.9 Å². The number of benzene rings is 1. The summed E-state index contributed by atoms with van der Waals surface area (Å²) < 4.78 is 5.34. The lowest BCUT2D eigenvalue weighted by atomic mass is 9.92. The molecule has 6 heteroatoms. The summed E-state index contributed by atoms with van der Waals surface area (Å²) in [7, 11) is 0. The largest absolute Gasteiger partial charge is 0.480 e. The molecule has 0 aliphatic carbocycles. The second-order valence-corrected chi connectivity index (χ2v) is 6.32. The van der Waals surface area contributed by atoms with Crippen LogP contribution in [0.3, 0.4) is 0 Å². The number of carbonyl (C=O) groups is 2. The summed E-state index contributed by atoms with van der Waals surface area (Å²) >= 11 is 1.71. The maximum Gasteiger partial charge on any atom is 0.329 e. The summed E-state index contributed by atoms with van der Waals surface area (Å²) in [6.07, 6.45) is 2.26. The van der Waals surface area contributed by atoms with Crippen molar-refractivity contribution in [1.29, 1.82) is 0 Å². The summed E-state index contributed by atoms with van der Waals surface area (Å²) in [6.45, 7) is 0. The quantitative estimate of drug-likeness (QED) is 0.911. The van der Waals surface area contributed by atoms with Gasteiger partial charge in [-0.05, 0) is 30.4 Å². The maximum absolute atomic E-state index is 12.5. The summed E-state index contributed by atoms with van der Waals surface area (Å²) in [6, 6.07) is 7.21. The molecule has 0 atom stereocenters. The van der Waals surface area contributed by atoms with Crippen LogP contribution in [0.2, 0.25) is 0 Å². The van der Waals surface area contributed by atoms with Gasteiger partial charge in [0.15, 0.2) is 0 Å². The fraction of sp³-hybridized carbons (Fsp3) is 0.333. The van der Waals surface area contributed by atoms with Gasteiger partial charge >= 0.3 is 5.97 Å². The van der Waals surface area contributed by atoms with Crippen molar-refractivity contribution in [2.24, 2.45) is 0 Å². The van der Waals surface area contributed by atoms with E-state index in [4.69, 9.17) is 4.42 Å². The standard InChI is InChI=1S/C15H15NO4S/c17-13(11-9-20-12-4-2-1-3-10(11)12)16-15(14(18)19)5-7-21-8-6-15/h1-4,9H,5-8H2,(H,16,17)(H,18,19). The molecule has 1 aliphatic heterocycles. The Kier molecular flexibility index (Phi) is 3.63. The molecule has 3 rings (SSSR count). The van der Waals surface area contributed by atoms with Crippen molar-refractivity contribution < 1.29 is 19.1 Å². The fourth-order valence-corrected chi connectivity index (χ4v) is 3.74. The first-order valence-electron chi connectivity index (χ1n) is 6.72. The van der Waals surface area contributed by atoms with Gasteiger partial charge in [0.2, 0.25) is 0 Å². The van der Waals surface area contributed by atoms with Crippen LogP contribution in [0.25, 0.3) is 11.0 Å². The molecule has 0 spiro atoms. The number of carbonyl (C=O) groups excluding carboxylic acids is 1. The van der Waals surface area contributed by atoms with Crippen LogP contribution in [0.4, 0.5) is 0 Å². The first-order valence-corrected chi connectivity index (χ1v) is 7.88. The topological polar surface area (TPSA) is 79.5 Å². The van der Waals surface area contributed by atoms with Gasteiger partial charge in [0.1, 0.15) is 17.4 Å². The highest BCUT2D eigenvalue weighted by atomic mass is 32.2. The lowest BCUT2D eigenvalue weighted by molar-refractivity contribution is -0.144. The lowest BCUT2D eigenvalue weighted by Crippen LogP contribution is -2.56. The monoisotopic (exact) mass is 305 g/mol.